The second kappa shape index (κ2) is 32.1. The number of unbranched alkanes of at least 4 members (excludes halogenated alkanes) is 4. The lowest BCUT2D eigenvalue weighted by molar-refractivity contribution is -0.152. The zero-order valence-corrected chi connectivity index (χ0v) is 33.6. The number of carboxylic acids is 1. The number of carboxylic acid groups (broad SMARTS) is 1. The number of hydroxylamine groups is 2. The lowest BCUT2D eigenvalue weighted by Crippen LogP contribution is -2.62. The zero-order valence-electron chi connectivity index (χ0n) is 33.6. The van der Waals surface area contributed by atoms with Crippen LogP contribution in [0.15, 0.2) is 12.2 Å². The van der Waals surface area contributed by atoms with Crippen molar-refractivity contribution in [3.05, 3.63) is 12.2 Å². The lowest BCUT2D eigenvalue weighted by Gasteiger charge is -2.27. The molecule has 0 fully saturated rings. The van der Waals surface area contributed by atoms with Gasteiger partial charge < -0.3 is 68.9 Å². The van der Waals surface area contributed by atoms with Gasteiger partial charge in [0.25, 0.3) is 0 Å². The van der Waals surface area contributed by atoms with Crippen LogP contribution in [-0.4, -0.2) is 165 Å². The molecule has 59 heavy (non-hydrogen) atoms. The molecule has 23 heteroatoms. The molecule has 23 nitrogen and oxygen atoms in total. The summed E-state index contributed by atoms with van der Waals surface area (Å²) < 4.78 is 0. The number of allylic oxidation sites excluding steroid dienone is 2. The van der Waals surface area contributed by atoms with Gasteiger partial charge >= 0.3 is 5.97 Å². The number of hydrogen-bond donors (Lipinski definition) is 14. The third-order valence-corrected chi connectivity index (χ3v) is 8.70. The first-order valence-corrected chi connectivity index (χ1v) is 19.6. The molecule has 2 unspecified atom stereocenters. The zero-order chi connectivity index (χ0) is 44.8. The summed E-state index contributed by atoms with van der Waals surface area (Å²) in [5.74, 6) is -7.96. The molecule has 0 spiro atoms. The Kier molecular flexibility index (Phi) is 29.5. The van der Waals surface area contributed by atoms with Crippen molar-refractivity contribution >= 4 is 47.8 Å². The molecule has 338 valence electrons. The Hall–Kier alpha value is -4.78. The Labute approximate surface area is 343 Å². The van der Waals surface area contributed by atoms with Crippen LogP contribution in [0, 0.1) is 0 Å². The van der Waals surface area contributed by atoms with E-state index >= 15 is 0 Å². The van der Waals surface area contributed by atoms with Gasteiger partial charge in [0.1, 0.15) is 24.2 Å². The summed E-state index contributed by atoms with van der Waals surface area (Å²) in [5, 5.41) is 73.4. The van der Waals surface area contributed by atoms with Crippen LogP contribution in [-0.2, 0) is 38.4 Å². The molecule has 0 aromatic carbocycles. The van der Waals surface area contributed by atoms with Gasteiger partial charge in [0, 0.05) is 19.5 Å². The number of rotatable bonds is 34. The van der Waals surface area contributed by atoms with Crippen molar-refractivity contribution in [1.82, 2.24) is 37.0 Å². The van der Waals surface area contributed by atoms with Crippen LogP contribution in [0.2, 0.25) is 0 Å². The number of nitrogens with one attached hydrogen (secondary N) is 6. The summed E-state index contributed by atoms with van der Waals surface area (Å²) in [6.07, 6.45) is 4.10. The summed E-state index contributed by atoms with van der Waals surface area (Å²) in [5.41, 5.74) is 11.1. The van der Waals surface area contributed by atoms with Gasteiger partial charge in [-0.15, -0.1) is 0 Å². The minimum Gasteiger partial charge on any atom is -0.479 e. The van der Waals surface area contributed by atoms with Crippen LogP contribution >= 0.6 is 0 Å². The average Bonchev–Trinajstić information content (AvgIpc) is 3.20. The number of amides is 7. The molecule has 0 aliphatic heterocycles. The lowest BCUT2D eigenvalue weighted by atomic mass is 10.1. The minimum absolute atomic E-state index is 0.0425. The van der Waals surface area contributed by atoms with Gasteiger partial charge in [-0.05, 0) is 64.5 Å². The van der Waals surface area contributed by atoms with E-state index in [4.69, 9.17) is 11.5 Å². The summed E-state index contributed by atoms with van der Waals surface area (Å²) in [6, 6.07) is -8.29. The number of aliphatic carboxylic acids is 1. The first-order chi connectivity index (χ1) is 28.1. The van der Waals surface area contributed by atoms with Crippen molar-refractivity contribution in [2.45, 2.75) is 126 Å². The molecule has 0 aliphatic carbocycles. The van der Waals surface area contributed by atoms with E-state index in [-0.39, 0.29) is 51.7 Å². The predicted octanol–water partition coefficient (Wildman–Crippen LogP) is -4.66. The molecule has 0 bridgehead atoms. The van der Waals surface area contributed by atoms with Crippen molar-refractivity contribution in [1.29, 1.82) is 0 Å². The Morgan fingerprint density at radius 3 is 1.90 bits per heavy atom. The van der Waals surface area contributed by atoms with E-state index in [1.54, 1.807) is 0 Å². The van der Waals surface area contributed by atoms with Crippen LogP contribution < -0.4 is 43.4 Å². The fourth-order valence-electron chi connectivity index (χ4n) is 5.30. The molecule has 7 atom stereocenters. The normalized spacial score (nSPS) is 14.7. The number of carbonyl (C=O) groups excluding carboxylic acids is 7. The van der Waals surface area contributed by atoms with E-state index in [2.05, 4.69) is 33.5 Å². The molecular formula is C36H65N9O14. The molecule has 0 aromatic heterocycles. The van der Waals surface area contributed by atoms with Gasteiger partial charge in [0.15, 0.2) is 6.10 Å². The fourth-order valence-corrected chi connectivity index (χ4v) is 5.30. The summed E-state index contributed by atoms with van der Waals surface area (Å²) >= 11 is 0. The van der Waals surface area contributed by atoms with E-state index in [1.807, 2.05) is 17.5 Å². The Morgan fingerprint density at radius 1 is 0.695 bits per heavy atom. The van der Waals surface area contributed by atoms with E-state index in [0.29, 0.717) is 37.3 Å². The summed E-state index contributed by atoms with van der Waals surface area (Å²) in [7, 11) is 0. The number of aliphatic hydroxyl groups is 4. The van der Waals surface area contributed by atoms with Crippen LogP contribution in [0.5, 0.6) is 0 Å². The number of aliphatic hydroxyl groups excluding tert-OH is 4. The van der Waals surface area contributed by atoms with Crippen LogP contribution in [0.1, 0.15) is 84.0 Å². The molecule has 7 amide bonds. The topological polar surface area (TPSA) is 385 Å². The molecule has 0 radical (unpaired) electrons. The van der Waals surface area contributed by atoms with Crippen molar-refractivity contribution in [3.8, 4) is 0 Å². The smallest absolute Gasteiger partial charge is 0.335 e. The highest BCUT2D eigenvalue weighted by atomic mass is 16.5. The molecule has 0 aromatic rings. The minimum atomic E-state index is -2.63. The second-order valence-corrected chi connectivity index (χ2v) is 13.6. The maximum absolute atomic E-state index is 13.4. The standard InChI is InChI=1S/C36H65N9O14/c1-2-3-4-5-6-7-8-13-28(50)40-25(20-46)27(49)19-29(51)41-26(21-47)34(55)44-30(31(52)36(57)58)35(56)43-24(14-16-38)33(54)42-23(12-11-18-45(59)22-48)32(53)39-17-10-9-15-37/h5-6,22-27,30-31,46-47,49,52,59H,2-4,7-21,37-38H2,1H3,(H,39,53)(H,40,50)(H,41,51)(H,42,54)(H,43,56)(H,44,55)(H,57,58)/t23-,24-,25?,26-,27?,30-,31+/m0/s1. The van der Waals surface area contributed by atoms with Crippen molar-refractivity contribution in [2.24, 2.45) is 11.5 Å². The Bertz CT molecular complexity index is 1340. The van der Waals surface area contributed by atoms with E-state index in [1.165, 1.54) is 0 Å². The highest BCUT2D eigenvalue weighted by Gasteiger charge is 2.38. The molecule has 0 saturated carbocycles. The predicted molar refractivity (Wildman–Crippen MR) is 209 cm³/mol. The van der Waals surface area contributed by atoms with Gasteiger partial charge in [0.05, 0.1) is 31.8 Å². The highest BCUT2D eigenvalue weighted by Crippen LogP contribution is 2.07. The van der Waals surface area contributed by atoms with E-state index in [0.717, 1.165) is 19.3 Å². The molecule has 0 rings (SSSR count). The molecule has 16 N–H and O–H groups in total. The monoisotopic (exact) mass is 847 g/mol. The van der Waals surface area contributed by atoms with Gasteiger partial charge in [-0.2, -0.15) is 0 Å². The highest BCUT2D eigenvalue weighted by molar-refractivity contribution is 5.98. The molecule has 0 heterocycles. The van der Waals surface area contributed by atoms with E-state index in [9.17, 15) is 69.1 Å². The number of nitrogens with zero attached hydrogens (tertiary/aromatic N) is 1. The second-order valence-electron chi connectivity index (χ2n) is 13.6. The van der Waals surface area contributed by atoms with Crippen molar-refractivity contribution in [2.75, 3.05) is 39.4 Å². The van der Waals surface area contributed by atoms with Crippen LogP contribution in [0.25, 0.3) is 0 Å². The van der Waals surface area contributed by atoms with Crippen molar-refractivity contribution in [3.63, 3.8) is 0 Å². The number of hydrogen-bond acceptors (Lipinski definition) is 15. The first kappa shape index (κ1) is 54.2. The third kappa shape index (κ3) is 23.4. The third-order valence-electron chi connectivity index (χ3n) is 8.70. The van der Waals surface area contributed by atoms with E-state index < -0.39 is 103 Å². The molecule has 0 saturated heterocycles. The number of nitrogens with two attached hydrogens (primary N) is 2. The molecular weight excluding hydrogens is 782 g/mol. The quantitative estimate of drug-likeness (QED) is 0.00952. The SMILES string of the molecule is CCCCC=CCCCC(=O)NC(CO)C(O)CC(=O)N[C@@H](CO)C(=O)N[C@H](C(=O)N[C@@H](CCN)C(=O)N[C@@H](CCCN(O)C=O)C(=O)NCCCCN)[C@@H](O)C(=O)O. The maximum Gasteiger partial charge on any atom is 0.335 e. The van der Waals surface area contributed by atoms with Gasteiger partial charge in [0.2, 0.25) is 41.9 Å². The average molecular weight is 848 g/mol. The van der Waals surface area contributed by atoms with Gasteiger partial charge in [-0.1, -0.05) is 31.9 Å². The summed E-state index contributed by atoms with van der Waals surface area (Å²) in [4.78, 5) is 100. The maximum atomic E-state index is 13.4. The van der Waals surface area contributed by atoms with Crippen LogP contribution in [0.4, 0.5) is 0 Å². The number of carbonyl (C=O) groups is 8. The summed E-state index contributed by atoms with van der Waals surface area (Å²) in [6.45, 7) is 0.362. The van der Waals surface area contributed by atoms with Gasteiger partial charge in [-0.3, -0.25) is 38.8 Å². The first-order valence-electron chi connectivity index (χ1n) is 19.6. The van der Waals surface area contributed by atoms with Crippen molar-refractivity contribution < 1.29 is 69.1 Å². The van der Waals surface area contributed by atoms with Gasteiger partial charge in [-0.25, -0.2) is 9.86 Å². The Morgan fingerprint density at radius 2 is 1.32 bits per heavy atom. The van der Waals surface area contributed by atoms with Crippen LogP contribution in [0.3, 0.4) is 0 Å². The Balaban J connectivity index is 5.73. The largest absolute Gasteiger partial charge is 0.479 e. The molecule has 0 aliphatic rings. The fraction of sp³-hybridized carbons (Fsp3) is 0.722.